The lowest BCUT2D eigenvalue weighted by atomic mass is 10.1. The quantitative estimate of drug-likeness (QED) is 0.605. The standard InChI is InChI=1S/C16H16N2O/c1-11-3-6-13(14(17)9-11)7-4-12-5-8-16(19-2)15(18)10-12/h3,5-6,8-10H,17-18H2,1-2H3. The zero-order chi connectivity index (χ0) is 13.8. The number of anilines is 2. The smallest absolute Gasteiger partial charge is 0.141 e. The highest BCUT2D eigenvalue weighted by Gasteiger charge is 1.99. The third-order valence-corrected chi connectivity index (χ3v) is 2.78. The van der Waals surface area contributed by atoms with Gasteiger partial charge in [0.05, 0.1) is 12.8 Å². The molecule has 19 heavy (non-hydrogen) atoms. The van der Waals surface area contributed by atoms with Gasteiger partial charge in [0.2, 0.25) is 0 Å². The molecule has 0 saturated carbocycles. The maximum atomic E-state index is 5.91. The van der Waals surface area contributed by atoms with Crippen LogP contribution in [-0.2, 0) is 0 Å². The van der Waals surface area contributed by atoms with Crippen LogP contribution in [0.3, 0.4) is 0 Å². The molecule has 0 unspecified atom stereocenters. The van der Waals surface area contributed by atoms with Crippen molar-refractivity contribution in [2.75, 3.05) is 18.6 Å². The molecule has 3 heteroatoms. The van der Waals surface area contributed by atoms with Crippen LogP contribution < -0.4 is 16.2 Å². The molecule has 0 heterocycles. The molecule has 2 rings (SSSR count). The normalized spacial score (nSPS) is 9.58. The summed E-state index contributed by atoms with van der Waals surface area (Å²) >= 11 is 0. The highest BCUT2D eigenvalue weighted by atomic mass is 16.5. The molecule has 0 aromatic heterocycles. The third-order valence-electron chi connectivity index (χ3n) is 2.78. The summed E-state index contributed by atoms with van der Waals surface area (Å²) in [5.41, 5.74) is 15.8. The van der Waals surface area contributed by atoms with E-state index in [2.05, 4.69) is 11.8 Å². The molecule has 0 radical (unpaired) electrons. The van der Waals surface area contributed by atoms with Crippen LogP contribution in [0.2, 0.25) is 0 Å². The molecular weight excluding hydrogens is 236 g/mol. The molecule has 2 aromatic carbocycles. The highest BCUT2D eigenvalue weighted by Crippen LogP contribution is 2.21. The molecule has 4 N–H and O–H groups in total. The van der Waals surface area contributed by atoms with Crippen LogP contribution in [0.4, 0.5) is 11.4 Å². The van der Waals surface area contributed by atoms with Crippen molar-refractivity contribution in [3.05, 3.63) is 53.1 Å². The second-order valence-corrected chi connectivity index (χ2v) is 4.30. The Hall–Kier alpha value is -2.60. The van der Waals surface area contributed by atoms with E-state index in [4.69, 9.17) is 16.2 Å². The van der Waals surface area contributed by atoms with Gasteiger partial charge in [0.15, 0.2) is 0 Å². The Labute approximate surface area is 113 Å². The van der Waals surface area contributed by atoms with E-state index in [-0.39, 0.29) is 0 Å². The molecule has 96 valence electrons. The van der Waals surface area contributed by atoms with E-state index in [1.54, 1.807) is 19.2 Å². The zero-order valence-electron chi connectivity index (χ0n) is 11.0. The molecule has 0 spiro atoms. The molecule has 0 fully saturated rings. The van der Waals surface area contributed by atoms with Crippen molar-refractivity contribution in [3.63, 3.8) is 0 Å². The van der Waals surface area contributed by atoms with Crippen molar-refractivity contribution >= 4 is 11.4 Å². The van der Waals surface area contributed by atoms with Gasteiger partial charge >= 0.3 is 0 Å². The summed E-state index contributed by atoms with van der Waals surface area (Å²) in [5, 5.41) is 0. The van der Waals surface area contributed by atoms with Crippen molar-refractivity contribution in [2.45, 2.75) is 6.92 Å². The topological polar surface area (TPSA) is 61.3 Å². The summed E-state index contributed by atoms with van der Waals surface area (Å²) < 4.78 is 5.10. The first-order chi connectivity index (χ1) is 9.10. The lowest BCUT2D eigenvalue weighted by Crippen LogP contribution is -1.93. The van der Waals surface area contributed by atoms with Crippen LogP contribution in [0.15, 0.2) is 36.4 Å². The van der Waals surface area contributed by atoms with Gasteiger partial charge in [-0.05, 0) is 42.8 Å². The monoisotopic (exact) mass is 252 g/mol. The number of nitrogens with two attached hydrogens (primary N) is 2. The fraction of sp³-hybridized carbons (Fsp3) is 0.125. The van der Waals surface area contributed by atoms with Crippen molar-refractivity contribution in [2.24, 2.45) is 0 Å². The molecule has 0 saturated heterocycles. The van der Waals surface area contributed by atoms with Crippen molar-refractivity contribution in [3.8, 4) is 17.6 Å². The molecular formula is C16H16N2O. The van der Waals surface area contributed by atoms with Gasteiger partial charge in [-0.25, -0.2) is 0 Å². The van der Waals surface area contributed by atoms with Gasteiger partial charge in [0.1, 0.15) is 5.75 Å². The zero-order valence-corrected chi connectivity index (χ0v) is 11.0. The molecule has 2 aromatic rings. The van der Waals surface area contributed by atoms with Gasteiger partial charge in [0, 0.05) is 16.8 Å². The number of rotatable bonds is 1. The summed E-state index contributed by atoms with van der Waals surface area (Å²) in [4.78, 5) is 0. The minimum atomic E-state index is 0.575. The summed E-state index contributed by atoms with van der Waals surface area (Å²) in [5.74, 6) is 6.75. The minimum absolute atomic E-state index is 0.575. The van der Waals surface area contributed by atoms with E-state index in [1.165, 1.54) is 0 Å². The van der Waals surface area contributed by atoms with Crippen LogP contribution >= 0.6 is 0 Å². The number of ether oxygens (including phenoxy) is 1. The first kappa shape index (κ1) is 12.8. The minimum Gasteiger partial charge on any atom is -0.495 e. The Bertz CT molecular complexity index is 666. The van der Waals surface area contributed by atoms with Gasteiger partial charge in [0.25, 0.3) is 0 Å². The molecule has 0 bridgehead atoms. The fourth-order valence-corrected chi connectivity index (χ4v) is 1.75. The van der Waals surface area contributed by atoms with E-state index in [0.717, 1.165) is 16.7 Å². The second-order valence-electron chi connectivity index (χ2n) is 4.30. The summed E-state index contributed by atoms with van der Waals surface area (Å²) in [6.07, 6.45) is 0. The van der Waals surface area contributed by atoms with E-state index >= 15 is 0 Å². The summed E-state index contributed by atoms with van der Waals surface area (Å²) in [6.45, 7) is 2.00. The maximum absolute atomic E-state index is 5.91. The summed E-state index contributed by atoms with van der Waals surface area (Å²) in [6, 6.07) is 11.3. The Kier molecular flexibility index (Phi) is 3.63. The lowest BCUT2D eigenvalue weighted by Gasteiger charge is -2.03. The van der Waals surface area contributed by atoms with Crippen molar-refractivity contribution < 1.29 is 4.74 Å². The Balaban J connectivity index is 2.31. The Morgan fingerprint density at radius 1 is 0.947 bits per heavy atom. The van der Waals surface area contributed by atoms with E-state index in [0.29, 0.717) is 17.1 Å². The van der Waals surface area contributed by atoms with E-state index < -0.39 is 0 Å². The molecule has 3 nitrogen and oxygen atoms in total. The van der Waals surface area contributed by atoms with Gasteiger partial charge in [-0.1, -0.05) is 17.9 Å². The van der Waals surface area contributed by atoms with Gasteiger partial charge in [-0.15, -0.1) is 0 Å². The molecule has 0 aliphatic rings. The van der Waals surface area contributed by atoms with Crippen LogP contribution in [0, 0.1) is 18.8 Å². The maximum Gasteiger partial charge on any atom is 0.141 e. The van der Waals surface area contributed by atoms with Gasteiger partial charge in [-0.3, -0.25) is 0 Å². The average Bonchev–Trinajstić information content (AvgIpc) is 2.38. The number of benzene rings is 2. The largest absolute Gasteiger partial charge is 0.495 e. The molecule has 0 aliphatic carbocycles. The number of methoxy groups -OCH3 is 1. The molecule has 0 atom stereocenters. The third kappa shape index (κ3) is 2.99. The van der Waals surface area contributed by atoms with Crippen molar-refractivity contribution in [1.82, 2.24) is 0 Å². The number of aryl methyl sites for hydroxylation is 1. The molecule has 0 aliphatic heterocycles. The lowest BCUT2D eigenvalue weighted by molar-refractivity contribution is 0.417. The Morgan fingerprint density at radius 2 is 1.74 bits per heavy atom. The van der Waals surface area contributed by atoms with Crippen molar-refractivity contribution in [1.29, 1.82) is 0 Å². The second kappa shape index (κ2) is 5.36. The van der Waals surface area contributed by atoms with E-state index in [9.17, 15) is 0 Å². The van der Waals surface area contributed by atoms with Gasteiger partial charge in [-0.2, -0.15) is 0 Å². The number of hydrogen-bond acceptors (Lipinski definition) is 3. The van der Waals surface area contributed by atoms with Crippen LogP contribution in [0.5, 0.6) is 5.75 Å². The highest BCUT2D eigenvalue weighted by molar-refractivity contribution is 5.61. The van der Waals surface area contributed by atoms with Gasteiger partial charge < -0.3 is 16.2 Å². The average molecular weight is 252 g/mol. The SMILES string of the molecule is COc1ccc(C#Cc2ccc(C)cc2N)cc1N. The predicted octanol–water partition coefficient (Wildman–Crippen LogP) is 2.57. The molecule has 0 amide bonds. The first-order valence-corrected chi connectivity index (χ1v) is 5.92. The van der Waals surface area contributed by atoms with E-state index in [1.807, 2.05) is 31.2 Å². The van der Waals surface area contributed by atoms with Crippen LogP contribution in [-0.4, -0.2) is 7.11 Å². The Morgan fingerprint density at radius 3 is 2.37 bits per heavy atom. The number of hydrogen-bond donors (Lipinski definition) is 2. The van der Waals surface area contributed by atoms with Crippen LogP contribution in [0.1, 0.15) is 16.7 Å². The fourth-order valence-electron chi connectivity index (χ4n) is 1.75. The van der Waals surface area contributed by atoms with Crippen LogP contribution in [0.25, 0.3) is 0 Å². The summed E-state index contributed by atoms with van der Waals surface area (Å²) in [7, 11) is 1.59. The first-order valence-electron chi connectivity index (χ1n) is 5.92. The predicted molar refractivity (Wildman–Crippen MR) is 79.0 cm³/mol. The number of nitrogen functional groups attached to an aromatic ring is 2.